The van der Waals surface area contributed by atoms with Crippen LogP contribution in [0.25, 0.3) is 11.1 Å². The predicted octanol–water partition coefficient (Wildman–Crippen LogP) is 2.06. The Morgan fingerprint density at radius 3 is 2.21 bits per heavy atom. The molecular weight excluding hydrogens is 460 g/mol. The highest BCUT2D eigenvalue weighted by molar-refractivity contribution is 7.91. The van der Waals surface area contributed by atoms with Crippen LogP contribution >= 0.6 is 0 Å². The van der Waals surface area contributed by atoms with Gasteiger partial charge in [-0.15, -0.1) is 0 Å². The van der Waals surface area contributed by atoms with Gasteiger partial charge >= 0.3 is 12.1 Å². The van der Waals surface area contributed by atoms with Gasteiger partial charge < -0.3 is 20.5 Å². The largest absolute Gasteiger partial charge is 0.481 e. The van der Waals surface area contributed by atoms with E-state index in [9.17, 15) is 27.9 Å². The van der Waals surface area contributed by atoms with Crippen molar-refractivity contribution >= 4 is 27.8 Å². The van der Waals surface area contributed by atoms with Crippen LogP contribution in [0.3, 0.4) is 0 Å². The number of sulfone groups is 1. The second kappa shape index (κ2) is 9.09. The molecule has 2 aromatic carbocycles. The summed E-state index contributed by atoms with van der Waals surface area (Å²) in [7, 11) is -3.28. The number of fused-ring (bicyclic) bond motifs is 3. The molecule has 0 radical (unpaired) electrons. The van der Waals surface area contributed by atoms with Crippen molar-refractivity contribution in [3.63, 3.8) is 0 Å². The first kappa shape index (κ1) is 23.7. The van der Waals surface area contributed by atoms with E-state index in [-0.39, 0.29) is 30.5 Å². The molecular formula is C24H26N2O7S. The molecule has 0 bridgehead atoms. The number of ether oxygens (including phenoxy) is 1. The third kappa shape index (κ3) is 5.06. The van der Waals surface area contributed by atoms with E-state index < -0.39 is 45.8 Å². The molecule has 9 nitrogen and oxygen atoms in total. The lowest BCUT2D eigenvalue weighted by molar-refractivity contribution is -0.140. The third-order valence-electron chi connectivity index (χ3n) is 6.26. The Morgan fingerprint density at radius 1 is 1.09 bits per heavy atom. The topological polar surface area (TPSA) is 139 Å². The lowest BCUT2D eigenvalue weighted by atomic mass is 9.98. The molecule has 1 aliphatic carbocycles. The van der Waals surface area contributed by atoms with Crippen LogP contribution in [0.4, 0.5) is 4.79 Å². The van der Waals surface area contributed by atoms with E-state index in [1.54, 1.807) is 6.92 Å². The van der Waals surface area contributed by atoms with Gasteiger partial charge in [-0.3, -0.25) is 9.59 Å². The maximum Gasteiger partial charge on any atom is 0.407 e. The molecule has 4 rings (SSSR count). The van der Waals surface area contributed by atoms with Crippen LogP contribution < -0.4 is 10.6 Å². The molecule has 0 spiro atoms. The number of alkyl carbamates (subject to hydrolysis) is 1. The van der Waals surface area contributed by atoms with Crippen LogP contribution in [0.2, 0.25) is 0 Å². The number of carbonyl (C=O) groups is 3. The highest BCUT2D eigenvalue weighted by atomic mass is 32.2. The number of aliphatic carboxylic acids is 1. The molecule has 1 heterocycles. The summed E-state index contributed by atoms with van der Waals surface area (Å²) in [5.41, 5.74) is 3.15. The Labute approximate surface area is 197 Å². The van der Waals surface area contributed by atoms with Gasteiger partial charge in [0.25, 0.3) is 0 Å². The number of amides is 2. The van der Waals surface area contributed by atoms with Gasteiger partial charge in [-0.1, -0.05) is 48.5 Å². The maximum atomic E-state index is 12.7. The summed E-state index contributed by atoms with van der Waals surface area (Å²) in [5, 5.41) is 14.1. The second-order valence-corrected chi connectivity index (χ2v) is 11.2. The number of carboxylic acids is 1. The molecule has 0 saturated carbocycles. The smallest absolute Gasteiger partial charge is 0.407 e. The van der Waals surface area contributed by atoms with Crippen molar-refractivity contribution < 1.29 is 32.6 Å². The highest BCUT2D eigenvalue weighted by Gasteiger charge is 2.41. The number of hydrogen-bond donors (Lipinski definition) is 3. The van der Waals surface area contributed by atoms with Gasteiger partial charge in [0.15, 0.2) is 9.84 Å². The van der Waals surface area contributed by atoms with Crippen molar-refractivity contribution in [2.45, 2.75) is 37.3 Å². The molecule has 34 heavy (non-hydrogen) atoms. The summed E-state index contributed by atoms with van der Waals surface area (Å²) in [6.45, 7) is 1.60. The van der Waals surface area contributed by atoms with Crippen LogP contribution in [0.1, 0.15) is 36.8 Å². The van der Waals surface area contributed by atoms with Gasteiger partial charge in [-0.25, -0.2) is 13.2 Å². The molecule has 2 aromatic rings. The number of rotatable bonds is 7. The average Bonchev–Trinajstić information content (AvgIpc) is 3.24. The van der Waals surface area contributed by atoms with Gasteiger partial charge in [0, 0.05) is 5.92 Å². The number of carbonyl (C=O) groups excluding carboxylic acids is 2. The van der Waals surface area contributed by atoms with Gasteiger partial charge in [0.1, 0.15) is 12.6 Å². The van der Waals surface area contributed by atoms with E-state index in [4.69, 9.17) is 4.74 Å². The number of benzene rings is 2. The zero-order valence-electron chi connectivity index (χ0n) is 18.6. The Balaban J connectivity index is 1.42. The lowest BCUT2D eigenvalue weighted by Crippen LogP contribution is -2.55. The SMILES string of the molecule is CC1(NC(=O)C(CC(=O)O)NC(=O)OCC2c3ccccc3-c3ccccc32)CCS(=O)(=O)C1. The van der Waals surface area contributed by atoms with Crippen molar-refractivity contribution in [3.8, 4) is 11.1 Å². The normalized spacial score (nSPS) is 21.2. The zero-order chi connectivity index (χ0) is 24.5. The number of hydrogen-bond acceptors (Lipinski definition) is 6. The third-order valence-corrected chi connectivity index (χ3v) is 8.16. The standard InChI is InChI=1S/C24H26N2O7S/c1-24(10-11-34(31,32)14-24)26-22(29)20(12-21(27)28)25-23(30)33-13-19-17-8-4-2-6-15(17)16-7-3-5-9-18(16)19/h2-9,19-20H,10-14H2,1H3,(H,25,30)(H,26,29)(H,27,28). The molecule has 2 aliphatic rings. The Bertz CT molecular complexity index is 1200. The fourth-order valence-electron chi connectivity index (χ4n) is 4.66. The van der Waals surface area contributed by atoms with Crippen LogP contribution in [-0.4, -0.2) is 61.2 Å². The molecule has 1 fully saturated rings. The number of carboxylic acid groups (broad SMARTS) is 1. The molecule has 10 heteroatoms. The Hall–Kier alpha value is -3.40. The zero-order valence-corrected chi connectivity index (χ0v) is 19.4. The summed E-state index contributed by atoms with van der Waals surface area (Å²) in [4.78, 5) is 36.6. The number of nitrogens with one attached hydrogen (secondary N) is 2. The molecule has 2 amide bonds. The molecule has 180 valence electrons. The molecule has 0 aromatic heterocycles. The van der Waals surface area contributed by atoms with Crippen LogP contribution in [0.15, 0.2) is 48.5 Å². The summed E-state index contributed by atoms with van der Waals surface area (Å²) in [6.07, 6.45) is -1.38. The van der Waals surface area contributed by atoms with Gasteiger partial charge in [0.05, 0.1) is 23.5 Å². The van der Waals surface area contributed by atoms with E-state index in [0.29, 0.717) is 0 Å². The van der Waals surface area contributed by atoms with Crippen molar-refractivity contribution in [1.29, 1.82) is 0 Å². The summed E-state index contributed by atoms with van der Waals surface area (Å²) < 4.78 is 29.0. The second-order valence-electron chi connectivity index (χ2n) is 9.01. The lowest BCUT2D eigenvalue weighted by Gasteiger charge is -2.27. The minimum Gasteiger partial charge on any atom is -0.481 e. The van der Waals surface area contributed by atoms with Crippen LogP contribution in [-0.2, 0) is 24.2 Å². The molecule has 2 unspecified atom stereocenters. The van der Waals surface area contributed by atoms with Gasteiger partial charge in [-0.05, 0) is 35.6 Å². The van der Waals surface area contributed by atoms with Gasteiger partial charge in [-0.2, -0.15) is 0 Å². The quantitative estimate of drug-likeness (QED) is 0.544. The van der Waals surface area contributed by atoms with E-state index in [1.807, 2.05) is 48.5 Å². The summed E-state index contributed by atoms with van der Waals surface area (Å²) >= 11 is 0. The first-order valence-corrected chi connectivity index (χ1v) is 12.7. The summed E-state index contributed by atoms with van der Waals surface area (Å²) in [6, 6.07) is 14.2. The minimum atomic E-state index is -3.28. The van der Waals surface area contributed by atoms with Crippen molar-refractivity contribution in [3.05, 3.63) is 59.7 Å². The van der Waals surface area contributed by atoms with Crippen molar-refractivity contribution in [2.75, 3.05) is 18.1 Å². The van der Waals surface area contributed by atoms with E-state index in [1.165, 1.54) is 0 Å². The molecule has 2 atom stereocenters. The van der Waals surface area contributed by atoms with Crippen LogP contribution in [0, 0.1) is 0 Å². The Morgan fingerprint density at radius 2 is 1.68 bits per heavy atom. The first-order chi connectivity index (χ1) is 16.1. The maximum absolute atomic E-state index is 12.7. The highest BCUT2D eigenvalue weighted by Crippen LogP contribution is 2.44. The molecule has 3 N–H and O–H groups in total. The first-order valence-electron chi connectivity index (χ1n) is 10.9. The van der Waals surface area contributed by atoms with Crippen molar-refractivity contribution in [1.82, 2.24) is 10.6 Å². The fourth-order valence-corrected chi connectivity index (χ4v) is 6.75. The minimum absolute atomic E-state index is 0.0111. The van der Waals surface area contributed by atoms with E-state index >= 15 is 0 Å². The van der Waals surface area contributed by atoms with E-state index in [2.05, 4.69) is 10.6 Å². The monoisotopic (exact) mass is 486 g/mol. The van der Waals surface area contributed by atoms with Crippen LogP contribution in [0.5, 0.6) is 0 Å². The van der Waals surface area contributed by atoms with E-state index in [0.717, 1.165) is 22.3 Å². The van der Waals surface area contributed by atoms with Gasteiger partial charge in [0.2, 0.25) is 5.91 Å². The summed E-state index contributed by atoms with van der Waals surface area (Å²) in [5.74, 6) is -2.55. The fraction of sp³-hybridized carbons (Fsp3) is 0.375. The van der Waals surface area contributed by atoms with Crippen molar-refractivity contribution in [2.24, 2.45) is 0 Å². The Kier molecular flexibility index (Phi) is 6.35. The molecule has 1 aliphatic heterocycles. The average molecular weight is 487 g/mol. The predicted molar refractivity (Wildman–Crippen MR) is 124 cm³/mol. The molecule has 1 saturated heterocycles.